The van der Waals surface area contributed by atoms with Crippen molar-refractivity contribution in [3.05, 3.63) is 47.8 Å². The summed E-state index contributed by atoms with van der Waals surface area (Å²) in [6.45, 7) is 0.556. The molecule has 3 rings (SSSR count). The highest BCUT2D eigenvalue weighted by molar-refractivity contribution is 5.36. The highest BCUT2D eigenvalue weighted by atomic mass is 15.3. The van der Waals surface area contributed by atoms with Gasteiger partial charge in [-0.15, -0.1) is 0 Å². The van der Waals surface area contributed by atoms with Gasteiger partial charge in [-0.25, -0.2) is 4.68 Å². The fourth-order valence-corrected chi connectivity index (χ4v) is 3.31. The van der Waals surface area contributed by atoms with E-state index >= 15 is 0 Å². The summed E-state index contributed by atoms with van der Waals surface area (Å²) in [6, 6.07) is 10.3. The highest BCUT2D eigenvalue weighted by Gasteiger charge is 2.20. The zero-order chi connectivity index (χ0) is 13.8. The lowest BCUT2D eigenvalue weighted by molar-refractivity contribution is 0.586. The summed E-state index contributed by atoms with van der Waals surface area (Å²) in [5, 5.41) is 4.60. The molecule has 3 heteroatoms. The van der Waals surface area contributed by atoms with Crippen LogP contribution in [0.15, 0.2) is 36.5 Å². The molecule has 3 nitrogen and oxygen atoms in total. The van der Waals surface area contributed by atoms with Crippen molar-refractivity contribution >= 4 is 0 Å². The van der Waals surface area contributed by atoms with Crippen LogP contribution in [0.5, 0.6) is 0 Å². The van der Waals surface area contributed by atoms with Crippen LogP contribution in [0.1, 0.15) is 55.7 Å². The predicted molar refractivity (Wildman–Crippen MR) is 81.9 cm³/mol. The SMILES string of the molecule is NCc1c(C2CCCCCC2)cnn1-c1ccccc1. The van der Waals surface area contributed by atoms with Crippen molar-refractivity contribution in [3.8, 4) is 5.69 Å². The van der Waals surface area contributed by atoms with Crippen molar-refractivity contribution in [1.82, 2.24) is 9.78 Å². The maximum Gasteiger partial charge on any atom is 0.0649 e. The molecule has 0 saturated heterocycles. The van der Waals surface area contributed by atoms with Gasteiger partial charge in [-0.1, -0.05) is 43.9 Å². The Morgan fingerprint density at radius 3 is 2.40 bits per heavy atom. The van der Waals surface area contributed by atoms with Crippen molar-refractivity contribution in [2.75, 3.05) is 0 Å². The van der Waals surface area contributed by atoms with E-state index in [-0.39, 0.29) is 0 Å². The molecule has 1 heterocycles. The topological polar surface area (TPSA) is 43.8 Å². The monoisotopic (exact) mass is 269 g/mol. The van der Waals surface area contributed by atoms with Crippen molar-refractivity contribution in [2.24, 2.45) is 5.73 Å². The summed E-state index contributed by atoms with van der Waals surface area (Å²) in [6.07, 6.45) is 10.0. The van der Waals surface area contributed by atoms with E-state index in [0.717, 1.165) is 5.69 Å². The van der Waals surface area contributed by atoms with Gasteiger partial charge in [-0.05, 0) is 36.5 Å². The molecule has 0 spiro atoms. The summed E-state index contributed by atoms with van der Waals surface area (Å²) < 4.78 is 2.01. The third-order valence-electron chi connectivity index (χ3n) is 4.39. The Bertz CT molecular complexity index is 537. The summed E-state index contributed by atoms with van der Waals surface area (Å²) in [4.78, 5) is 0. The van der Waals surface area contributed by atoms with E-state index in [1.165, 1.54) is 49.8 Å². The van der Waals surface area contributed by atoms with Crippen LogP contribution in [0.3, 0.4) is 0 Å². The Morgan fingerprint density at radius 1 is 1.05 bits per heavy atom. The summed E-state index contributed by atoms with van der Waals surface area (Å²) in [7, 11) is 0. The van der Waals surface area contributed by atoms with Crippen LogP contribution in [-0.4, -0.2) is 9.78 Å². The maximum atomic E-state index is 6.02. The van der Waals surface area contributed by atoms with Crippen molar-refractivity contribution in [2.45, 2.75) is 51.0 Å². The Morgan fingerprint density at radius 2 is 1.75 bits per heavy atom. The van der Waals surface area contributed by atoms with Crippen molar-refractivity contribution < 1.29 is 0 Å². The van der Waals surface area contributed by atoms with Gasteiger partial charge in [0.2, 0.25) is 0 Å². The first kappa shape index (κ1) is 13.4. The number of hydrogen-bond acceptors (Lipinski definition) is 2. The molecule has 0 bridgehead atoms. The van der Waals surface area contributed by atoms with E-state index in [0.29, 0.717) is 12.5 Å². The fraction of sp³-hybridized carbons (Fsp3) is 0.471. The second-order valence-corrected chi connectivity index (χ2v) is 5.69. The average Bonchev–Trinajstić information content (AvgIpc) is 2.74. The van der Waals surface area contributed by atoms with Gasteiger partial charge in [0.05, 0.1) is 17.6 Å². The molecule has 0 unspecified atom stereocenters. The maximum absolute atomic E-state index is 6.02. The molecule has 0 radical (unpaired) electrons. The molecular weight excluding hydrogens is 246 g/mol. The number of rotatable bonds is 3. The molecule has 2 aromatic rings. The van der Waals surface area contributed by atoms with E-state index < -0.39 is 0 Å². The molecule has 1 saturated carbocycles. The predicted octanol–water partition coefficient (Wildman–Crippen LogP) is 3.77. The first-order chi connectivity index (χ1) is 9.90. The molecule has 0 aliphatic heterocycles. The van der Waals surface area contributed by atoms with Crippen LogP contribution in [0.25, 0.3) is 5.69 Å². The largest absolute Gasteiger partial charge is 0.325 e. The Hall–Kier alpha value is -1.61. The number of benzene rings is 1. The molecule has 1 aromatic heterocycles. The van der Waals surface area contributed by atoms with Gasteiger partial charge in [0, 0.05) is 6.54 Å². The normalized spacial score (nSPS) is 17.1. The van der Waals surface area contributed by atoms with E-state index in [9.17, 15) is 0 Å². The number of nitrogens with two attached hydrogens (primary N) is 1. The molecule has 1 aromatic carbocycles. The van der Waals surface area contributed by atoms with Crippen molar-refractivity contribution in [3.63, 3.8) is 0 Å². The van der Waals surface area contributed by atoms with Gasteiger partial charge >= 0.3 is 0 Å². The van der Waals surface area contributed by atoms with E-state index in [1.54, 1.807) is 0 Å². The minimum absolute atomic E-state index is 0.556. The van der Waals surface area contributed by atoms with Crippen molar-refractivity contribution in [1.29, 1.82) is 0 Å². The minimum Gasteiger partial charge on any atom is -0.325 e. The fourth-order valence-electron chi connectivity index (χ4n) is 3.31. The standard InChI is InChI=1S/C17H23N3/c18-12-17-16(14-8-4-1-2-5-9-14)13-19-20(17)15-10-6-3-7-11-15/h3,6-7,10-11,13-14H,1-2,4-5,8-9,12,18H2. The molecule has 1 aliphatic rings. The Labute approximate surface area is 120 Å². The smallest absolute Gasteiger partial charge is 0.0649 e. The van der Waals surface area contributed by atoms with E-state index in [2.05, 4.69) is 17.2 Å². The number of hydrogen-bond donors (Lipinski definition) is 1. The molecule has 106 valence electrons. The van der Waals surface area contributed by atoms with E-state index in [4.69, 9.17) is 5.73 Å². The summed E-state index contributed by atoms with van der Waals surface area (Å²) >= 11 is 0. The van der Waals surface area contributed by atoms with Gasteiger partial charge < -0.3 is 5.73 Å². The van der Waals surface area contributed by atoms with Crippen LogP contribution in [0.2, 0.25) is 0 Å². The lowest BCUT2D eigenvalue weighted by Gasteiger charge is -2.15. The quantitative estimate of drug-likeness (QED) is 0.862. The zero-order valence-corrected chi connectivity index (χ0v) is 12.0. The molecule has 2 N–H and O–H groups in total. The molecule has 20 heavy (non-hydrogen) atoms. The first-order valence-corrected chi connectivity index (χ1v) is 7.72. The molecule has 0 atom stereocenters. The van der Waals surface area contributed by atoms with Crippen LogP contribution < -0.4 is 5.73 Å². The molecular formula is C17H23N3. The first-order valence-electron chi connectivity index (χ1n) is 7.72. The Balaban J connectivity index is 1.94. The second-order valence-electron chi connectivity index (χ2n) is 5.69. The Kier molecular flexibility index (Phi) is 4.16. The third-order valence-corrected chi connectivity index (χ3v) is 4.39. The lowest BCUT2D eigenvalue weighted by atomic mass is 9.92. The molecule has 1 aliphatic carbocycles. The average molecular weight is 269 g/mol. The number of para-hydroxylation sites is 1. The van der Waals surface area contributed by atoms with Gasteiger partial charge in [0.1, 0.15) is 0 Å². The number of aromatic nitrogens is 2. The zero-order valence-electron chi connectivity index (χ0n) is 12.0. The van der Waals surface area contributed by atoms with Crippen LogP contribution in [-0.2, 0) is 6.54 Å². The third kappa shape index (κ3) is 2.63. The second kappa shape index (κ2) is 6.23. The van der Waals surface area contributed by atoms with E-state index in [1.807, 2.05) is 29.1 Å². The van der Waals surface area contributed by atoms with Crippen LogP contribution in [0, 0.1) is 0 Å². The van der Waals surface area contributed by atoms with Crippen LogP contribution >= 0.6 is 0 Å². The number of nitrogens with zero attached hydrogens (tertiary/aromatic N) is 2. The van der Waals surface area contributed by atoms with Crippen LogP contribution in [0.4, 0.5) is 0 Å². The van der Waals surface area contributed by atoms with Gasteiger partial charge in [0.25, 0.3) is 0 Å². The molecule has 0 amide bonds. The van der Waals surface area contributed by atoms with Gasteiger partial charge in [0.15, 0.2) is 0 Å². The van der Waals surface area contributed by atoms with Gasteiger partial charge in [-0.3, -0.25) is 0 Å². The summed E-state index contributed by atoms with van der Waals surface area (Å²) in [5.74, 6) is 0.647. The summed E-state index contributed by atoms with van der Waals surface area (Å²) in [5.41, 5.74) is 9.68. The highest BCUT2D eigenvalue weighted by Crippen LogP contribution is 2.33. The van der Waals surface area contributed by atoms with Gasteiger partial charge in [-0.2, -0.15) is 5.10 Å². The minimum atomic E-state index is 0.556. The molecule has 1 fully saturated rings. The lowest BCUT2D eigenvalue weighted by Crippen LogP contribution is -2.10.